The SMILES string of the molecule is CC(C)C1(O)CN(C)C1. The third kappa shape index (κ3) is 1.10. The molecule has 0 amide bonds. The third-order valence-corrected chi connectivity index (χ3v) is 2.16. The molecular formula is C7H15NO. The average molecular weight is 129 g/mol. The zero-order valence-corrected chi connectivity index (χ0v) is 6.39. The van der Waals surface area contributed by atoms with Crippen molar-refractivity contribution in [2.24, 2.45) is 5.92 Å². The number of likely N-dealkylation sites (tertiary alicyclic amines) is 1. The summed E-state index contributed by atoms with van der Waals surface area (Å²) in [6.45, 7) is 5.80. The number of rotatable bonds is 1. The number of likely N-dealkylation sites (N-methyl/N-ethyl adjacent to an activating group) is 1. The molecule has 1 aliphatic heterocycles. The number of aliphatic hydroxyl groups is 1. The van der Waals surface area contributed by atoms with E-state index in [4.69, 9.17) is 0 Å². The lowest BCUT2D eigenvalue weighted by atomic mass is 9.84. The maximum atomic E-state index is 9.62. The molecule has 0 aliphatic carbocycles. The number of nitrogens with zero attached hydrogens (tertiary/aromatic N) is 1. The van der Waals surface area contributed by atoms with E-state index in [0.717, 1.165) is 13.1 Å². The first kappa shape index (κ1) is 7.03. The van der Waals surface area contributed by atoms with Crippen LogP contribution < -0.4 is 0 Å². The Morgan fingerprint density at radius 3 is 2.00 bits per heavy atom. The van der Waals surface area contributed by atoms with Gasteiger partial charge in [-0.2, -0.15) is 0 Å². The van der Waals surface area contributed by atoms with Crippen LogP contribution in [0.5, 0.6) is 0 Å². The van der Waals surface area contributed by atoms with E-state index >= 15 is 0 Å². The second kappa shape index (κ2) is 1.96. The molecule has 0 atom stereocenters. The zero-order chi connectivity index (χ0) is 7.07. The highest BCUT2D eigenvalue weighted by atomic mass is 16.3. The lowest BCUT2D eigenvalue weighted by Gasteiger charge is -2.47. The monoisotopic (exact) mass is 129 g/mol. The van der Waals surface area contributed by atoms with Crippen LogP contribution in [0.15, 0.2) is 0 Å². The summed E-state index contributed by atoms with van der Waals surface area (Å²) in [4.78, 5) is 2.12. The molecule has 0 aromatic heterocycles. The maximum Gasteiger partial charge on any atom is 0.0922 e. The van der Waals surface area contributed by atoms with Gasteiger partial charge in [-0.15, -0.1) is 0 Å². The highest BCUT2D eigenvalue weighted by Crippen LogP contribution is 2.26. The van der Waals surface area contributed by atoms with Crippen molar-refractivity contribution < 1.29 is 5.11 Å². The summed E-state index contributed by atoms with van der Waals surface area (Å²) >= 11 is 0. The first-order valence-electron chi connectivity index (χ1n) is 3.45. The molecule has 2 heteroatoms. The zero-order valence-electron chi connectivity index (χ0n) is 6.39. The Balaban J connectivity index is 2.40. The molecule has 0 saturated carbocycles. The van der Waals surface area contributed by atoms with E-state index in [1.54, 1.807) is 0 Å². The quantitative estimate of drug-likeness (QED) is 0.551. The van der Waals surface area contributed by atoms with E-state index in [1.165, 1.54) is 0 Å². The van der Waals surface area contributed by atoms with Gasteiger partial charge in [-0.25, -0.2) is 0 Å². The van der Waals surface area contributed by atoms with Crippen LogP contribution in [-0.4, -0.2) is 35.7 Å². The lowest BCUT2D eigenvalue weighted by Crippen LogP contribution is -2.62. The van der Waals surface area contributed by atoms with Crippen LogP contribution in [0.1, 0.15) is 13.8 Å². The standard InChI is InChI=1S/C7H15NO/c1-6(2)7(9)4-8(3)5-7/h6,9H,4-5H2,1-3H3. The molecule has 1 N–H and O–H groups in total. The molecule has 54 valence electrons. The van der Waals surface area contributed by atoms with E-state index in [1.807, 2.05) is 7.05 Å². The van der Waals surface area contributed by atoms with E-state index < -0.39 is 0 Å². The molecule has 1 rings (SSSR count). The van der Waals surface area contributed by atoms with Crippen LogP contribution in [0, 0.1) is 5.92 Å². The van der Waals surface area contributed by atoms with Gasteiger partial charge in [-0.3, -0.25) is 0 Å². The van der Waals surface area contributed by atoms with Crippen LogP contribution in [0.25, 0.3) is 0 Å². The molecule has 0 aromatic rings. The normalized spacial score (nSPS) is 26.3. The first-order chi connectivity index (χ1) is 4.04. The van der Waals surface area contributed by atoms with Gasteiger partial charge < -0.3 is 10.0 Å². The van der Waals surface area contributed by atoms with Gasteiger partial charge in [0.05, 0.1) is 5.60 Å². The molecule has 9 heavy (non-hydrogen) atoms. The minimum absolute atomic E-state index is 0.380. The summed E-state index contributed by atoms with van der Waals surface area (Å²) in [7, 11) is 2.02. The number of hydrogen-bond acceptors (Lipinski definition) is 2. The highest BCUT2D eigenvalue weighted by Gasteiger charge is 2.41. The lowest BCUT2D eigenvalue weighted by molar-refractivity contribution is -0.117. The van der Waals surface area contributed by atoms with Crippen LogP contribution in [0.2, 0.25) is 0 Å². The van der Waals surface area contributed by atoms with Crippen LogP contribution in [-0.2, 0) is 0 Å². The Morgan fingerprint density at radius 2 is 1.89 bits per heavy atom. The van der Waals surface area contributed by atoms with Crippen molar-refractivity contribution in [3.8, 4) is 0 Å². The first-order valence-corrected chi connectivity index (χ1v) is 3.45. The van der Waals surface area contributed by atoms with Crippen LogP contribution in [0.4, 0.5) is 0 Å². The maximum absolute atomic E-state index is 9.62. The van der Waals surface area contributed by atoms with Crippen molar-refractivity contribution in [2.45, 2.75) is 19.4 Å². The predicted molar refractivity (Wildman–Crippen MR) is 37.3 cm³/mol. The molecule has 0 radical (unpaired) electrons. The summed E-state index contributed by atoms with van der Waals surface area (Å²) in [6.07, 6.45) is 0. The molecule has 1 saturated heterocycles. The molecule has 1 fully saturated rings. The van der Waals surface area contributed by atoms with E-state index in [9.17, 15) is 5.11 Å². The van der Waals surface area contributed by atoms with Crippen molar-refractivity contribution in [1.29, 1.82) is 0 Å². The number of hydrogen-bond donors (Lipinski definition) is 1. The molecule has 0 aromatic carbocycles. The number of β-amino-alcohol motifs (C(OH)–C–C–N with tert-alkyl or cyclic N) is 1. The molecule has 0 spiro atoms. The summed E-state index contributed by atoms with van der Waals surface area (Å²) < 4.78 is 0. The highest BCUT2D eigenvalue weighted by molar-refractivity contribution is 4.95. The summed E-state index contributed by atoms with van der Waals surface area (Å²) in [5.74, 6) is 0.397. The van der Waals surface area contributed by atoms with Crippen LogP contribution >= 0.6 is 0 Å². The van der Waals surface area contributed by atoms with Gasteiger partial charge in [0.2, 0.25) is 0 Å². The van der Waals surface area contributed by atoms with Crippen molar-refractivity contribution in [3.05, 3.63) is 0 Å². The topological polar surface area (TPSA) is 23.5 Å². The Labute approximate surface area is 56.5 Å². The second-order valence-corrected chi connectivity index (χ2v) is 3.43. The fourth-order valence-electron chi connectivity index (χ4n) is 1.25. The van der Waals surface area contributed by atoms with Crippen molar-refractivity contribution >= 4 is 0 Å². The minimum Gasteiger partial charge on any atom is -0.387 e. The average Bonchev–Trinajstić information content (AvgIpc) is 1.62. The summed E-state index contributed by atoms with van der Waals surface area (Å²) in [5.41, 5.74) is -0.380. The summed E-state index contributed by atoms with van der Waals surface area (Å²) in [5, 5.41) is 9.62. The van der Waals surface area contributed by atoms with Crippen molar-refractivity contribution in [1.82, 2.24) is 4.90 Å². The molecule has 0 unspecified atom stereocenters. The molecule has 0 bridgehead atoms. The smallest absolute Gasteiger partial charge is 0.0922 e. The summed E-state index contributed by atoms with van der Waals surface area (Å²) in [6, 6.07) is 0. The largest absolute Gasteiger partial charge is 0.387 e. The van der Waals surface area contributed by atoms with Gasteiger partial charge in [0.25, 0.3) is 0 Å². The third-order valence-electron chi connectivity index (χ3n) is 2.16. The second-order valence-electron chi connectivity index (χ2n) is 3.43. The fraction of sp³-hybridized carbons (Fsp3) is 1.00. The minimum atomic E-state index is -0.380. The van der Waals surface area contributed by atoms with Gasteiger partial charge in [0.15, 0.2) is 0 Å². The molecule has 2 nitrogen and oxygen atoms in total. The van der Waals surface area contributed by atoms with Crippen LogP contribution in [0.3, 0.4) is 0 Å². The van der Waals surface area contributed by atoms with E-state index in [2.05, 4.69) is 18.7 Å². The Morgan fingerprint density at radius 1 is 1.44 bits per heavy atom. The van der Waals surface area contributed by atoms with Gasteiger partial charge in [-0.05, 0) is 13.0 Å². The van der Waals surface area contributed by atoms with Crippen molar-refractivity contribution in [3.63, 3.8) is 0 Å². The van der Waals surface area contributed by atoms with Gasteiger partial charge in [0, 0.05) is 13.1 Å². The van der Waals surface area contributed by atoms with E-state index in [0.29, 0.717) is 5.92 Å². The Bertz CT molecular complexity index is 105. The van der Waals surface area contributed by atoms with Gasteiger partial charge in [0.1, 0.15) is 0 Å². The van der Waals surface area contributed by atoms with Crippen molar-refractivity contribution in [2.75, 3.05) is 20.1 Å². The van der Waals surface area contributed by atoms with E-state index in [-0.39, 0.29) is 5.60 Å². The molecule has 1 heterocycles. The van der Waals surface area contributed by atoms with Gasteiger partial charge >= 0.3 is 0 Å². The molecular weight excluding hydrogens is 114 g/mol. The Kier molecular flexibility index (Phi) is 1.53. The molecule has 1 aliphatic rings. The van der Waals surface area contributed by atoms with Gasteiger partial charge in [-0.1, -0.05) is 13.8 Å². The Hall–Kier alpha value is -0.0800. The fourth-order valence-corrected chi connectivity index (χ4v) is 1.25. The predicted octanol–water partition coefficient (Wildman–Crippen LogP) is 0.319.